The van der Waals surface area contributed by atoms with E-state index >= 15 is 0 Å². The van der Waals surface area contributed by atoms with Gasteiger partial charge in [0.25, 0.3) is 5.69 Å². The summed E-state index contributed by atoms with van der Waals surface area (Å²) < 4.78 is 13.6. The van der Waals surface area contributed by atoms with Crippen molar-refractivity contribution < 1.29 is 24.0 Å². The summed E-state index contributed by atoms with van der Waals surface area (Å²) in [5, 5.41) is 21.9. The summed E-state index contributed by atoms with van der Waals surface area (Å²) in [7, 11) is 0. The Kier molecular flexibility index (Phi) is 4.15. The molecule has 1 aromatic rings. The van der Waals surface area contributed by atoms with Gasteiger partial charge in [-0.2, -0.15) is 0 Å². The number of hydrogen-bond acceptors (Lipinski definition) is 4. The highest BCUT2D eigenvalue weighted by atomic mass is 19.1. The Morgan fingerprint density at radius 1 is 1.33 bits per heavy atom. The zero-order valence-corrected chi connectivity index (χ0v) is 10.9. The fourth-order valence-electron chi connectivity index (χ4n) is 2.46. The van der Waals surface area contributed by atoms with Gasteiger partial charge in [0.2, 0.25) is 5.91 Å². The zero-order valence-electron chi connectivity index (χ0n) is 10.9. The Balaban J connectivity index is 2.14. The van der Waals surface area contributed by atoms with Crippen LogP contribution in [0.2, 0.25) is 0 Å². The van der Waals surface area contributed by atoms with Gasteiger partial charge in [0.15, 0.2) is 11.5 Å². The van der Waals surface area contributed by atoms with Gasteiger partial charge in [-0.15, -0.1) is 0 Å². The molecular formula is C13H13FN2O5. The number of rotatable bonds is 4. The maximum atomic E-state index is 13.6. The molecular weight excluding hydrogens is 283 g/mol. The molecule has 1 amide bonds. The zero-order chi connectivity index (χ0) is 15.6. The van der Waals surface area contributed by atoms with Crippen molar-refractivity contribution >= 4 is 23.3 Å². The first-order valence-electron chi connectivity index (χ1n) is 6.36. The van der Waals surface area contributed by atoms with E-state index in [9.17, 15) is 24.1 Å². The van der Waals surface area contributed by atoms with E-state index in [1.165, 1.54) is 6.07 Å². The monoisotopic (exact) mass is 296 g/mol. The molecule has 2 N–H and O–H groups in total. The standard InChI is InChI=1S/C13H13FN2O5/c14-9-2-1-3-10(16(20)21)11(9)15-12(17)7-4-5-8(6-7)13(18)19/h1-3,7-8H,4-6H2,(H,15,17)(H,18,19)/t7-,8+/m1/s1. The van der Waals surface area contributed by atoms with Gasteiger partial charge in [-0.25, -0.2) is 4.39 Å². The third-order valence-electron chi connectivity index (χ3n) is 3.59. The molecule has 1 saturated carbocycles. The van der Waals surface area contributed by atoms with Crippen LogP contribution in [0.5, 0.6) is 0 Å². The summed E-state index contributed by atoms with van der Waals surface area (Å²) in [4.78, 5) is 32.9. The van der Waals surface area contributed by atoms with Gasteiger partial charge < -0.3 is 10.4 Å². The van der Waals surface area contributed by atoms with Crippen LogP contribution in [0.25, 0.3) is 0 Å². The van der Waals surface area contributed by atoms with Gasteiger partial charge in [0.1, 0.15) is 0 Å². The minimum atomic E-state index is -0.970. The lowest BCUT2D eigenvalue weighted by atomic mass is 10.0. The molecule has 0 spiro atoms. The van der Waals surface area contributed by atoms with Gasteiger partial charge in [-0.1, -0.05) is 6.07 Å². The molecule has 0 unspecified atom stereocenters. The molecule has 0 saturated heterocycles. The maximum Gasteiger partial charge on any atom is 0.306 e. The van der Waals surface area contributed by atoms with Crippen molar-refractivity contribution in [3.63, 3.8) is 0 Å². The number of benzene rings is 1. The maximum absolute atomic E-state index is 13.6. The first-order chi connectivity index (χ1) is 9.90. The lowest BCUT2D eigenvalue weighted by molar-refractivity contribution is -0.384. The molecule has 0 aliphatic heterocycles. The summed E-state index contributed by atoms with van der Waals surface area (Å²) >= 11 is 0. The number of hydrogen-bond donors (Lipinski definition) is 2. The third-order valence-corrected chi connectivity index (χ3v) is 3.59. The van der Waals surface area contributed by atoms with Crippen molar-refractivity contribution in [3.05, 3.63) is 34.1 Å². The summed E-state index contributed by atoms with van der Waals surface area (Å²) in [5.74, 6) is -3.64. The second kappa shape index (κ2) is 5.86. The normalized spacial score (nSPS) is 21.0. The van der Waals surface area contributed by atoms with Crippen LogP contribution in [-0.4, -0.2) is 21.9 Å². The van der Waals surface area contributed by atoms with Gasteiger partial charge in [0.05, 0.1) is 10.8 Å². The van der Waals surface area contributed by atoms with Crippen LogP contribution in [0.3, 0.4) is 0 Å². The van der Waals surface area contributed by atoms with Crippen LogP contribution in [0.4, 0.5) is 15.8 Å². The fraction of sp³-hybridized carbons (Fsp3) is 0.385. The van der Waals surface area contributed by atoms with E-state index in [0.29, 0.717) is 12.8 Å². The fourth-order valence-corrected chi connectivity index (χ4v) is 2.46. The predicted molar refractivity (Wildman–Crippen MR) is 70.2 cm³/mol. The molecule has 112 valence electrons. The van der Waals surface area contributed by atoms with Gasteiger partial charge in [-0.3, -0.25) is 19.7 Å². The number of nitro benzene ring substituents is 1. The number of aliphatic carboxylic acids is 1. The van der Waals surface area contributed by atoms with Crippen LogP contribution >= 0.6 is 0 Å². The molecule has 8 heteroatoms. The molecule has 0 heterocycles. The number of carboxylic acids is 1. The smallest absolute Gasteiger partial charge is 0.306 e. The van der Waals surface area contributed by atoms with Crippen molar-refractivity contribution in [3.8, 4) is 0 Å². The molecule has 1 fully saturated rings. The Morgan fingerprint density at radius 3 is 2.57 bits per heavy atom. The molecule has 7 nitrogen and oxygen atoms in total. The number of nitrogens with one attached hydrogen (secondary N) is 1. The van der Waals surface area contributed by atoms with Crippen LogP contribution in [0.15, 0.2) is 18.2 Å². The predicted octanol–water partition coefficient (Wildman–Crippen LogP) is 2.17. The summed E-state index contributed by atoms with van der Waals surface area (Å²) in [6.45, 7) is 0. The van der Waals surface area contributed by atoms with Gasteiger partial charge >= 0.3 is 5.97 Å². The highest BCUT2D eigenvalue weighted by molar-refractivity contribution is 5.95. The number of nitro groups is 1. The Hall–Kier alpha value is -2.51. The quantitative estimate of drug-likeness (QED) is 0.653. The van der Waals surface area contributed by atoms with Gasteiger partial charge in [0, 0.05) is 12.0 Å². The Bertz CT molecular complexity index is 604. The van der Waals surface area contributed by atoms with E-state index in [1.54, 1.807) is 0 Å². The van der Waals surface area contributed by atoms with E-state index in [0.717, 1.165) is 12.1 Å². The van der Waals surface area contributed by atoms with Crippen molar-refractivity contribution in [1.29, 1.82) is 0 Å². The van der Waals surface area contributed by atoms with Crippen molar-refractivity contribution in [2.24, 2.45) is 11.8 Å². The molecule has 0 bridgehead atoms. The molecule has 1 aliphatic carbocycles. The van der Waals surface area contributed by atoms with E-state index < -0.39 is 45.8 Å². The topological polar surface area (TPSA) is 110 Å². The lowest BCUT2D eigenvalue weighted by Crippen LogP contribution is -2.22. The molecule has 2 atom stereocenters. The van der Waals surface area contributed by atoms with Crippen LogP contribution < -0.4 is 5.32 Å². The number of carbonyl (C=O) groups excluding carboxylic acids is 1. The number of anilines is 1. The van der Waals surface area contributed by atoms with E-state index in [-0.39, 0.29) is 6.42 Å². The minimum Gasteiger partial charge on any atom is -0.481 e. The SMILES string of the molecule is O=C(O)[C@H]1CC[C@@H](C(=O)Nc2c(F)cccc2[N+](=O)[O-])C1. The second-order valence-electron chi connectivity index (χ2n) is 4.93. The molecule has 1 aromatic carbocycles. The Morgan fingerprint density at radius 2 is 2.00 bits per heavy atom. The molecule has 21 heavy (non-hydrogen) atoms. The number of nitrogens with zero attached hydrogens (tertiary/aromatic N) is 1. The number of para-hydroxylation sites is 1. The summed E-state index contributed by atoms with van der Waals surface area (Å²) in [6, 6.07) is 3.28. The summed E-state index contributed by atoms with van der Waals surface area (Å²) in [6.07, 6.45) is 0.890. The van der Waals surface area contributed by atoms with Crippen molar-refractivity contribution in [2.75, 3.05) is 5.32 Å². The van der Waals surface area contributed by atoms with Gasteiger partial charge in [-0.05, 0) is 25.3 Å². The van der Waals surface area contributed by atoms with Crippen LogP contribution in [0, 0.1) is 27.8 Å². The molecule has 2 rings (SSSR count). The second-order valence-corrected chi connectivity index (χ2v) is 4.93. The lowest BCUT2D eigenvalue weighted by Gasteiger charge is -2.11. The number of amides is 1. The van der Waals surface area contributed by atoms with Crippen molar-refractivity contribution in [1.82, 2.24) is 0 Å². The van der Waals surface area contributed by atoms with Crippen LogP contribution in [-0.2, 0) is 9.59 Å². The number of halogens is 1. The average molecular weight is 296 g/mol. The number of carbonyl (C=O) groups is 2. The largest absolute Gasteiger partial charge is 0.481 e. The molecule has 1 aliphatic rings. The summed E-state index contributed by atoms with van der Waals surface area (Å²) in [5.41, 5.74) is -1.01. The highest BCUT2D eigenvalue weighted by Crippen LogP contribution is 2.33. The van der Waals surface area contributed by atoms with E-state index in [1.807, 2.05) is 0 Å². The highest BCUT2D eigenvalue weighted by Gasteiger charge is 2.34. The number of carboxylic acid groups (broad SMARTS) is 1. The Labute approximate surface area is 118 Å². The van der Waals surface area contributed by atoms with E-state index in [4.69, 9.17) is 5.11 Å². The average Bonchev–Trinajstić information content (AvgIpc) is 2.90. The van der Waals surface area contributed by atoms with Crippen LogP contribution in [0.1, 0.15) is 19.3 Å². The first kappa shape index (κ1) is 14.9. The minimum absolute atomic E-state index is 0.156. The van der Waals surface area contributed by atoms with Crippen molar-refractivity contribution in [2.45, 2.75) is 19.3 Å². The molecule has 0 aromatic heterocycles. The third kappa shape index (κ3) is 3.15. The molecule has 0 radical (unpaired) electrons. The van der Waals surface area contributed by atoms with E-state index in [2.05, 4.69) is 5.32 Å². The first-order valence-corrected chi connectivity index (χ1v) is 6.36.